The number of imidazole rings is 1. The van der Waals surface area contributed by atoms with E-state index in [4.69, 9.17) is 28.2 Å². The number of aromatic nitrogens is 2. The Balaban J connectivity index is 1.22. The molecule has 4 aromatic carbocycles. The molecule has 1 saturated heterocycles. The summed E-state index contributed by atoms with van der Waals surface area (Å²) in [4.78, 5) is 16.4. The molecule has 10 heteroatoms. The number of fused-ring (bicyclic) bond motifs is 1. The first-order chi connectivity index (χ1) is 21.7. The Bertz CT molecular complexity index is 1930. The van der Waals surface area contributed by atoms with E-state index in [9.17, 15) is 18.3 Å². The van der Waals surface area contributed by atoms with Crippen molar-refractivity contribution in [3.05, 3.63) is 129 Å². The van der Waals surface area contributed by atoms with Gasteiger partial charge in [0.05, 0.1) is 21.5 Å². The molecular weight excluding hydrogens is 629 g/mol. The van der Waals surface area contributed by atoms with Gasteiger partial charge >= 0.3 is 5.97 Å². The van der Waals surface area contributed by atoms with Crippen molar-refractivity contribution in [2.75, 3.05) is 13.1 Å². The second kappa shape index (κ2) is 11.9. The van der Waals surface area contributed by atoms with Crippen LogP contribution in [0.15, 0.2) is 95.9 Å². The summed E-state index contributed by atoms with van der Waals surface area (Å²) in [6, 6.07) is 27.9. The zero-order chi connectivity index (χ0) is 31.3. The van der Waals surface area contributed by atoms with Crippen molar-refractivity contribution >= 4 is 50.2 Å². The predicted molar refractivity (Wildman–Crippen MR) is 176 cm³/mol. The first-order valence-corrected chi connectivity index (χ1v) is 17.2. The molecule has 230 valence electrons. The number of aromatic carboxylic acids is 1. The van der Waals surface area contributed by atoms with Gasteiger partial charge in [-0.1, -0.05) is 53.5 Å². The van der Waals surface area contributed by atoms with Gasteiger partial charge < -0.3 is 9.67 Å². The van der Waals surface area contributed by atoms with Crippen LogP contribution in [0.3, 0.4) is 0 Å². The van der Waals surface area contributed by atoms with Crippen molar-refractivity contribution in [3.63, 3.8) is 0 Å². The van der Waals surface area contributed by atoms with Crippen LogP contribution >= 0.6 is 23.2 Å². The van der Waals surface area contributed by atoms with Gasteiger partial charge in [0.1, 0.15) is 5.82 Å². The van der Waals surface area contributed by atoms with Crippen molar-refractivity contribution in [1.29, 1.82) is 0 Å². The highest BCUT2D eigenvalue weighted by Crippen LogP contribution is 2.44. The Morgan fingerprint density at radius 2 is 1.33 bits per heavy atom. The number of rotatable bonds is 8. The summed E-state index contributed by atoms with van der Waals surface area (Å²) in [5, 5.41) is 10.6. The average molecular weight is 661 g/mol. The van der Waals surface area contributed by atoms with E-state index < -0.39 is 16.0 Å². The lowest BCUT2D eigenvalue weighted by atomic mass is 9.85. The van der Waals surface area contributed by atoms with Gasteiger partial charge in [-0.2, -0.15) is 4.31 Å². The number of sulfonamides is 1. The summed E-state index contributed by atoms with van der Waals surface area (Å²) in [6.45, 7) is 0.741. The molecule has 5 aromatic rings. The van der Waals surface area contributed by atoms with Gasteiger partial charge in [0.15, 0.2) is 0 Å². The van der Waals surface area contributed by atoms with E-state index in [1.54, 1.807) is 0 Å². The largest absolute Gasteiger partial charge is 0.478 e. The van der Waals surface area contributed by atoms with Gasteiger partial charge in [-0.3, -0.25) is 0 Å². The zero-order valence-electron chi connectivity index (χ0n) is 24.3. The molecule has 2 aliphatic rings. The molecule has 1 aliphatic carbocycles. The third-order valence-electron chi connectivity index (χ3n) is 8.95. The van der Waals surface area contributed by atoms with E-state index in [1.807, 2.05) is 24.3 Å². The fourth-order valence-electron chi connectivity index (χ4n) is 6.47. The van der Waals surface area contributed by atoms with Gasteiger partial charge in [0.25, 0.3) is 0 Å². The lowest BCUT2D eigenvalue weighted by Crippen LogP contribution is -2.39. The zero-order valence-corrected chi connectivity index (χ0v) is 26.6. The Morgan fingerprint density at radius 3 is 1.87 bits per heavy atom. The molecule has 1 aliphatic heterocycles. The average Bonchev–Trinajstić information content (AvgIpc) is 3.83. The highest BCUT2D eigenvalue weighted by Gasteiger charge is 2.35. The number of piperidine rings is 1. The van der Waals surface area contributed by atoms with E-state index >= 15 is 0 Å². The maximum Gasteiger partial charge on any atom is 0.335 e. The number of nitrogens with zero attached hydrogens (tertiary/aromatic N) is 3. The van der Waals surface area contributed by atoms with Gasteiger partial charge in [-0.05, 0) is 103 Å². The summed E-state index contributed by atoms with van der Waals surface area (Å²) in [7, 11) is -3.74. The molecule has 0 bridgehead atoms. The number of hydrogen-bond donors (Lipinski definition) is 1. The van der Waals surface area contributed by atoms with Gasteiger partial charge in [0.2, 0.25) is 10.0 Å². The number of carboxylic acids is 1. The van der Waals surface area contributed by atoms with Crippen molar-refractivity contribution < 1.29 is 18.3 Å². The Hall–Kier alpha value is -3.69. The fraction of sp³-hybridized carbons (Fsp3) is 0.257. The monoisotopic (exact) mass is 659 g/mol. The van der Waals surface area contributed by atoms with Crippen LogP contribution in [0.1, 0.15) is 76.4 Å². The van der Waals surface area contributed by atoms with Crippen LogP contribution in [0.25, 0.3) is 11.0 Å². The summed E-state index contributed by atoms with van der Waals surface area (Å²) in [5.41, 5.74) is 5.42. The molecule has 0 atom stereocenters. The van der Waals surface area contributed by atoms with Crippen LogP contribution in [0, 0.1) is 0 Å². The summed E-state index contributed by atoms with van der Waals surface area (Å²) >= 11 is 12.5. The summed E-state index contributed by atoms with van der Waals surface area (Å²) in [5.74, 6) is 0.367. The van der Waals surface area contributed by atoms with E-state index in [2.05, 4.69) is 47.0 Å². The van der Waals surface area contributed by atoms with Crippen LogP contribution in [0.2, 0.25) is 10.0 Å². The third kappa shape index (κ3) is 5.88. The Labute approximate surface area is 272 Å². The standard InChI is InChI=1S/C35H31Cl2N3O4S/c36-27-10-3-22(4-11-27)33(23-5-12-28(37)13-6-23)26-9-16-31-32(21-26)40(34(38-31)24-1-2-24)29-17-19-39(20-18-29)45(43,44)30-14-7-25(8-15-30)35(41)42/h3-16,21,24,29,33H,1-2,17-20H2,(H,41,42). The third-order valence-corrected chi connectivity index (χ3v) is 11.4. The molecule has 1 aromatic heterocycles. The lowest BCUT2D eigenvalue weighted by molar-refractivity contribution is 0.0696. The highest BCUT2D eigenvalue weighted by molar-refractivity contribution is 7.89. The fourth-order valence-corrected chi connectivity index (χ4v) is 8.19. The molecule has 7 nitrogen and oxygen atoms in total. The molecule has 0 unspecified atom stereocenters. The smallest absolute Gasteiger partial charge is 0.335 e. The van der Waals surface area contributed by atoms with Crippen LogP contribution < -0.4 is 0 Å². The second-order valence-corrected chi connectivity index (χ2v) is 14.7. The first-order valence-electron chi connectivity index (χ1n) is 15.1. The van der Waals surface area contributed by atoms with Gasteiger partial charge in [-0.15, -0.1) is 0 Å². The molecule has 2 heterocycles. The molecule has 1 saturated carbocycles. The highest BCUT2D eigenvalue weighted by atomic mass is 35.5. The number of hydrogen-bond acceptors (Lipinski definition) is 4. The van der Waals surface area contributed by atoms with Crippen LogP contribution in [0.4, 0.5) is 0 Å². The number of halogens is 2. The molecular formula is C35H31Cl2N3O4S. The van der Waals surface area contributed by atoms with E-state index in [1.165, 1.54) is 28.6 Å². The maximum atomic E-state index is 13.4. The van der Waals surface area contributed by atoms with E-state index in [0.29, 0.717) is 41.9 Å². The van der Waals surface area contributed by atoms with Crippen molar-refractivity contribution in [1.82, 2.24) is 13.9 Å². The molecule has 0 radical (unpaired) electrons. The second-order valence-electron chi connectivity index (χ2n) is 11.9. The maximum absolute atomic E-state index is 13.4. The molecule has 2 fully saturated rings. The number of carbonyl (C=O) groups is 1. The van der Waals surface area contributed by atoms with Crippen LogP contribution in [0.5, 0.6) is 0 Å². The number of benzene rings is 4. The lowest BCUT2D eigenvalue weighted by Gasteiger charge is -2.33. The van der Waals surface area contributed by atoms with Gasteiger partial charge in [-0.25, -0.2) is 18.2 Å². The minimum absolute atomic E-state index is 0.0452. The number of carboxylic acid groups (broad SMARTS) is 1. The normalized spacial score (nSPS) is 16.4. The van der Waals surface area contributed by atoms with Crippen molar-refractivity contribution in [3.8, 4) is 0 Å². The van der Waals surface area contributed by atoms with Crippen molar-refractivity contribution in [2.45, 2.75) is 48.5 Å². The summed E-state index contributed by atoms with van der Waals surface area (Å²) in [6.07, 6.45) is 3.52. The molecule has 1 N–H and O–H groups in total. The molecule has 45 heavy (non-hydrogen) atoms. The topological polar surface area (TPSA) is 92.5 Å². The SMILES string of the molecule is O=C(O)c1ccc(S(=O)(=O)N2CCC(n3c(C4CC4)nc4ccc(C(c5ccc(Cl)cc5)c5ccc(Cl)cc5)cc43)CC2)cc1. The van der Waals surface area contributed by atoms with Crippen LogP contribution in [-0.4, -0.2) is 46.4 Å². The van der Waals surface area contributed by atoms with Crippen molar-refractivity contribution in [2.24, 2.45) is 0 Å². The van der Waals surface area contributed by atoms with E-state index in [-0.39, 0.29) is 22.4 Å². The molecule has 0 spiro atoms. The Morgan fingerprint density at radius 1 is 0.778 bits per heavy atom. The minimum Gasteiger partial charge on any atom is -0.478 e. The molecule has 7 rings (SSSR count). The Kier molecular flexibility index (Phi) is 7.94. The minimum atomic E-state index is -3.74. The first kappa shape index (κ1) is 30.0. The quantitative estimate of drug-likeness (QED) is 0.170. The summed E-state index contributed by atoms with van der Waals surface area (Å²) < 4.78 is 30.8. The predicted octanol–water partition coefficient (Wildman–Crippen LogP) is 8.12. The van der Waals surface area contributed by atoms with Crippen LogP contribution in [-0.2, 0) is 10.0 Å². The van der Waals surface area contributed by atoms with Gasteiger partial charge in [0, 0.05) is 41.0 Å². The molecule has 0 amide bonds. The van der Waals surface area contributed by atoms with E-state index in [0.717, 1.165) is 46.4 Å².